The summed E-state index contributed by atoms with van der Waals surface area (Å²) in [5, 5.41) is 7.66. The molecule has 2 rings (SSSR count). The van der Waals surface area contributed by atoms with Gasteiger partial charge in [0.05, 0.1) is 10.6 Å². The van der Waals surface area contributed by atoms with Crippen molar-refractivity contribution < 1.29 is 0 Å². The lowest BCUT2D eigenvalue weighted by atomic mass is 9.99. The van der Waals surface area contributed by atoms with E-state index in [1.807, 2.05) is 6.92 Å². The molecule has 0 aliphatic rings. The topological polar surface area (TPSA) is 37.8 Å². The highest BCUT2D eigenvalue weighted by molar-refractivity contribution is 7.05. The molecule has 0 spiro atoms. The number of hydrogen-bond donors (Lipinski definition) is 1. The molecule has 1 N–H and O–H groups in total. The molecular weight excluding hydrogens is 254 g/mol. The number of aryl methyl sites for hydroxylation is 3. The zero-order valence-electron chi connectivity index (χ0n) is 12.0. The average molecular weight is 275 g/mol. The van der Waals surface area contributed by atoms with E-state index in [1.54, 1.807) is 0 Å². The van der Waals surface area contributed by atoms with E-state index in [2.05, 4.69) is 53.9 Å². The number of rotatable bonds is 5. The van der Waals surface area contributed by atoms with Gasteiger partial charge >= 0.3 is 0 Å². The standard InChI is InChI=1S/C15H21N3S/c1-5-16-14(15-12(4)17-18-19-15)9-13-7-6-10(2)11(3)8-13/h6-8,14,16H,5,9H2,1-4H3. The van der Waals surface area contributed by atoms with Crippen molar-refractivity contribution in [2.75, 3.05) is 6.54 Å². The van der Waals surface area contributed by atoms with Gasteiger partial charge in [-0.15, -0.1) is 5.10 Å². The molecule has 1 atom stereocenters. The van der Waals surface area contributed by atoms with E-state index < -0.39 is 0 Å². The summed E-state index contributed by atoms with van der Waals surface area (Å²) in [5.41, 5.74) is 5.10. The highest BCUT2D eigenvalue weighted by Crippen LogP contribution is 2.24. The number of benzene rings is 1. The maximum atomic E-state index is 4.12. The second-order valence-corrected chi connectivity index (χ2v) is 5.74. The summed E-state index contributed by atoms with van der Waals surface area (Å²) < 4.78 is 4.05. The number of aromatic nitrogens is 2. The largest absolute Gasteiger partial charge is 0.309 e. The van der Waals surface area contributed by atoms with Crippen LogP contribution in [-0.2, 0) is 6.42 Å². The van der Waals surface area contributed by atoms with Gasteiger partial charge in [0.1, 0.15) is 0 Å². The Bertz CT molecular complexity index is 548. The molecule has 1 aromatic heterocycles. The summed E-state index contributed by atoms with van der Waals surface area (Å²) in [6.45, 7) is 9.44. The molecule has 0 aliphatic carbocycles. The van der Waals surface area contributed by atoms with Crippen LogP contribution in [0.2, 0.25) is 0 Å². The first kappa shape index (κ1) is 14.2. The van der Waals surface area contributed by atoms with Crippen LogP contribution in [0.3, 0.4) is 0 Å². The van der Waals surface area contributed by atoms with Crippen LogP contribution < -0.4 is 5.32 Å². The van der Waals surface area contributed by atoms with Crippen LogP contribution in [0.5, 0.6) is 0 Å². The van der Waals surface area contributed by atoms with Crippen molar-refractivity contribution in [2.24, 2.45) is 0 Å². The Balaban J connectivity index is 2.21. The van der Waals surface area contributed by atoms with Crippen LogP contribution in [0.1, 0.15) is 40.2 Å². The van der Waals surface area contributed by atoms with Crippen LogP contribution in [-0.4, -0.2) is 16.1 Å². The number of hydrogen-bond acceptors (Lipinski definition) is 4. The fraction of sp³-hybridized carbons (Fsp3) is 0.467. The molecular formula is C15H21N3S. The van der Waals surface area contributed by atoms with E-state index in [1.165, 1.54) is 33.1 Å². The summed E-state index contributed by atoms with van der Waals surface area (Å²) >= 11 is 1.50. The fourth-order valence-electron chi connectivity index (χ4n) is 2.23. The first-order chi connectivity index (χ1) is 9.11. The Hall–Kier alpha value is -1.26. The van der Waals surface area contributed by atoms with Crippen molar-refractivity contribution in [1.29, 1.82) is 0 Å². The first-order valence-electron chi connectivity index (χ1n) is 6.70. The Morgan fingerprint density at radius 3 is 2.58 bits per heavy atom. The summed E-state index contributed by atoms with van der Waals surface area (Å²) in [4.78, 5) is 1.25. The van der Waals surface area contributed by atoms with E-state index in [4.69, 9.17) is 0 Å². The maximum Gasteiger partial charge on any atom is 0.0772 e. The van der Waals surface area contributed by atoms with Gasteiger partial charge in [-0.25, -0.2) is 0 Å². The summed E-state index contributed by atoms with van der Waals surface area (Å²) in [5.74, 6) is 0. The summed E-state index contributed by atoms with van der Waals surface area (Å²) in [7, 11) is 0. The van der Waals surface area contributed by atoms with E-state index in [-0.39, 0.29) is 0 Å². The van der Waals surface area contributed by atoms with E-state index in [0.29, 0.717) is 6.04 Å². The van der Waals surface area contributed by atoms with Crippen LogP contribution in [0.4, 0.5) is 0 Å². The smallest absolute Gasteiger partial charge is 0.0772 e. The zero-order valence-corrected chi connectivity index (χ0v) is 12.8. The van der Waals surface area contributed by atoms with Gasteiger partial charge in [-0.05, 0) is 62.0 Å². The number of nitrogens with zero attached hydrogens (tertiary/aromatic N) is 2. The molecule has 2 aromatic rings. The Morgan fingerprint density at radius 2 is 2.00 bits per heavy atom. The van der Waals surface area contributed by atoms with E-state index in [0.717, 1.165) is 18.7 Å². The lowest BCUT2D eigenvalue weighted by Gasteiger charge is -2.17. The van der Waals surface area contributed by atoms with Gasteiger partial charge < -0.3 is 5.32 Å². The molecule has 4 heteroatoms. The van der Waals surface area contributed by atoms with Crippen molar-refractivity contribution in [3.63, 3.8) is 0 Å². The lowest BCUT2D eigenvalue weighted by molar-refractivity contribution is 0.554. The minimum Gasteiger partial charge on any atom is -0.309 e. The Labute approximate surface area is 119 Å². The van der Waals surface area contributed by atoms with Gasteiger partial charge in [-0.3, -0.25) is 0 Å². The second kappa shape index (κ2) is 6.26. The molecule has 3 nitrogen and oxygen atoms in total. The quantitative estimate of drug-likeness (QED) is 0.909. The summed E-state index contributed by atoms with van der Waals surface area (Å²) in [6, 6.07) is 7.01. The van der Waals surface area contributed by atoms with Gasteiger partial charge in [0.15, 0.2) is 0 Å². The SMILES string of the molecule is CCNC(Cc1ccc(C)c(C)c1)c1snnc1C. The number of nitrogens with one attached hydrogen (secondary N) is 1. The monoisotopic (exact) mass is 275 g/mol. The van der Waals surface area contributed by atoms with Gasteiger partial charge in [-0.2, -0.15) is 0 Å². The molecule has 0 saturated heterocycles. The molecule has 102 valence electrons. The van der Waals surface area contributed by atoms with Crippen LogP contribution >= 0.6 is 11.5 Å². The highest BCUT2D eigenvalue weighted by atomic mass is 32.1. The van der Waals surface area contributed by atoms with Crippen molar-refractivity contribution in [3.05, 3.63) is 45.5 Å². The molecule has 0 saturated carbocycles. The van der Waals surface area contributed by atoms with Crippen LogP contribution in [0.15, 0.2) is 18.2 Å². The van der Waals surface area contributed by atoms with Gasteiger partial charge in [0.25, 0.3) is 0 Å². The fourth-order valence-corrected chi connectivity index (χ4v) is 2.95. The third kappa shape index (κ3) is 3.39. The first-order valence-corrected chi connectivity index (χ1v) is 7.47. The van der Waals surface area contributed by atoms with E-state index in [9.17, 15) is 0 Å². The zero-order chi connectivity index (χ0) is 13.8. The lowest BCUT2D eigenvalue weighted by Crippen LogP contribution is -2.22. The molecule has 0 amide bonds. The molecule has 19 heavy (non-hydrogen) atoms. The highest BCUT2D eigenvalue weighted by Gasteiger charge is 2.17. The molecule has 1 unspecified atom stereocenters. The van der Waals surface area contributed by atoms with Crippen molar-refractivity contribution >= 4 is 11.5 Å². The van der Waals surface area contributed by atoms with Crippen LogP contribution in [0.25, 0.3) is 0 Å². The van der Waals surface area contributed by atoms with Crippen LogP contribution in [0, 0.1) is 20.8 Å². The minimum absolute atomic E-state index is 0.312. The van der Waals surface area contributed by atoms with Gasteiger partial charge in [-0.1, -0.05) is 29.6 Å². The maximum absolute atomic E-state index is 4.12. The van der Waals surface area contributed by atoms with Gasteiger partial charge in [0.2, 0.25) is 0 Å². The molecule has 0 aliphatic heterocycles. The molecule has 0 fully saturated rings. The predicted octanol–water partition coefficient (Wildman–Crippen LogP) is 3.36. The second-order valence-electron chi connectivity index (χ2n) is 4.96. The molecule has 1 aromatic carbocycles. The average Bonchev–Trinajstić information content (AvgIpc) is 2.79. The van der Waals surface area contributed by atoms with Crippen molar-refractivity contribution in [1.82, 2.24) is 14.9 Å². The molecule has 0 bridgehead atoms. The minimum atomic E-state index is 0.312. The third-order valence-corrected chi connectivity index (χ3v) is 4.40. The third-order valence-electron chi connectivity index (χ3n) is 3.46. The van der Waals surface area contributed by atoms with Crippen molar-refractivity contribution in [2.45, 2.75) is 40.2 Å². The van der Waals surface area contributed by atoms with E-state index >= 15 is 0 Å². The Kier molecular flexibility index (Phi) is 4.66. The van der Waals surface area contributed by atoms with Gasteiger partial charge in [0, 0.05) is 6.04 Å². The molecule has 1 heterocycles. The Morgan fingerprint density at radius 1 is 1.21 bits per heavy atom. The number of likely N-dealkylation sites (N-methyl/N-ethyl adjacent to an activating group) is 1. The molecule has 0 radical (unpaired) electrons. The summed E-state index contributed by atoms with van der Waals surface area (Å²) in [6.07, 6.45) is 0.986. The predicted molar refractivity (Wildman–Crippen MR) is 80.7 cm³/mol. The van der Waals surface area contributed by atoms with Crippen molar-refractivity contribution in [3.8, 4) is 0 Å². The normalized spacial score (nSPS) is 12.6.